The molecule has 0 aromatic rings. The quantitative estimate of drug-likeness (QED) is 0.545. The van der Waals surface area contributed by atoms with E-state index in [0.29, 0.717) is 7.92 Å². The van der Waals surface area contributed by atoms with Gasteiger partial charge < -0.3 is 0 Å². The van der Waals surface area contributed by atoms with Crippen molar-refractivity contribution in [2.45, 2.75) is 20.8 Å². The molecule has 1 atom stereocenters. The lowest BCUT2D eigenvalue weighted by Gasteiger charge is -2.07. The molecule has 0 N–H and O–H groups in total. The molecule has 0 spiro atoms. The first-order valence-corrected chi connectivity index (χ1v) is 4.97. The fraction of sp³-hybridized carbons (Fsp3) is 1.00. The Hall–Kier alpha value is 0.860. The van der Waals surface area contributed by atoms with Gasteiger partial charge in [0.2, 0.25) is 0 Å². The molecule has 0 heterocycles. The van der Waals surface area contributed by atoms with Crippen LogP contribution >= 0.6 is 17.8 Å². The SMILES string of the molecule is CCP(CC)CC.P. The highest BCUT2D eigenvalue weighted by Gasteiger charge is 1.94. The first kappa shape index (κ1) is 11.6. The first-order valence-electron chi connectivity index (χ1n) is 3.07. The van der Waals surface area contributed by atoms with E-state index >= 15 is 0 Å². The number of hydrogen-bond donors (Lipinski definition) is 0. The molecular formula is C6H18P2. The van der Waals surface area contributed by atoms with Crippen LogP contribution in [0.5, 0.6) is 0 Å². The van der Waals surface area contributed by atoms with Gasteiger partial charge in [-0.25, -0.2) is 0 Å². The summed E-state index contributed by atoms with van der Waals surface area (Å²) in [5.74, 6) is 0. The van der Waals surface area contributed by atoms with Crippen LogP contribution < -0.4 is 0 Å². The molecule has 0 amide bonds. The van der Waals surface area contributed by atoms with Crippen molar-refractivity contribution < 1.29 is 0 Å². The van der Waals surface area contributed by atoms with Crippen molar-refractivity contribution in [1.82, 2.24) is 0 Å². The van der Waals surface area contributed by atoms with Gasteiger partial charge >= 0.3 is 0 Å². The zero-order chi connectivity index (χ0) is 5.70. The lowest BCUT2D eigenvalue weighted by atomic mass is 10.9. The normalized spacial score (nSPS) is 9.00. The molecule has 0 saturated carbocycles. The van der Waals surface area contributed by atoms with Gasteiger partial charge in [0.05, 0.1) is 0 Å². The van der Waals surface area contributed by atoms with Crippen molar-refractivity contribution in [1.29, 1.82) is 0 Å². The lowest BCUT2D eigenvalue weighted by molar-refractivity contribution is 1.35. The van der Waals surface area contributed by atoms with Crippen LogP contribution in [0.2, 0.25) is 0 Å². The van der Waals surface area contributed by atoms with Gasteiger partial charge in [0, 0.05) is 0 Å². The summed E-state index contributed by atoms with van der Waals surface area (Å²) in [6, 6.07) is 0. The van der Waals surface area contributed by atoms with Crippen LogP contribution in [0.25, 0.3) is 0 Å². The van der Waals surface area contributed by atoms with Crippen molar-refractivity contribution in [2.75, 3.05) is 18.5 Å². The van der Waals surface area contributed by atoms with Gasteiger partial charge in [-0.3, -0.25) is 0 Å². The predicted molar refractivity (Wildman–Crippen MR) is 49.6 cm³/mol. The molecule has 0 nitrogen and oxygen atoms in total. The average Bonchev–Trinajstić information content (AvgIpc) is 1.72. The van der Waals surface area contributed by atoms with Crippen molar-refractivity contribution in [3.8, 4) is 0 Å². The zero-order valence-corrected chi connectivity index (χ0v) is 8.58. The third-order valence-corrected chi connectivity index (χ3v) is 4.02. The lowest BCUT2D eigenvalue weighted by Crippen LogP contribution is -1.83. The maximum Gasteiger partial charge on any atom is -0.0355 e. The summed E-state index contributed by atoms with van der Waals surface area (Å²) in [7, 11) is 0.446. The Morgan fingerprint density at radius 3 is 1.12 bits per heavy atom. The van der Waals surface area contributed by atoms with Crippen LogP contribution in [0.3, 0.4) is 0 Å². The highest BCUT2D eigenvalue weighted by atomic mass is 31.1. The summed E-state index contributed by atoms with van der Waals surface area (Å²) in [5.41, 5.74) is 0. The summed E-state index contributed by atoms with van der Waals surface area (Å²) in [6.07, 6.45) is 4.26. The van der Waals surface area contributed by atoms with E-state index in [1.165, 1.54) is 18.5 Å². The number of hydrogen-bond acceptors (Lipinski definition) is 0. The summed E-state index contributed by atoms with van der Waals surface area (Å²) in [4.78, 5) is 0. The van der Waals surface area contributed by atoms with Gasteiger partial charge in [-0.1, -0.05) is 20.8 Å². The van der Waals surface area contributed by atoms with Crippen LogP contribution in [-0.2, 0) is 0 Å². The van der Waals surface area contributed by atoms with Gasteiger partial charge in [0.25, 0.3) is 0 Å². The van der Waals surface area contributed by atoms with Crippen LogP contribution in [0.4, 0.5) is 0 Å². The topological polar surface area (TPSA) is 0 Å². The minimum absolute atomic E-state index is 0. The fourth-order valence-electron chi connectivity index (χ4n) is 0.671. The Labute approximate surface area is 57.8 Å². The second kappa shape index (κ2) is 7.86. The van der Waals surface area contributed by atoms with Gasteiger partial charge in [-0.05, 0) is 18.5 Å². The molecule has 0 aromatic carbocycles. The van der Waals surface area contributed by atoms with Crippen molar-refractivity contribution in [3.63, 3.8) is 0 Å². The van der Waals surface area contributed by atoms with E-state index in [9.17, 15) is 0 Å². The van der Waals surface area contributed by atoms with Crippen LogP contribution in [0.15, 0.2) is 0 Å². The Bertz CT molecular complexity index is 28.0. The van der Waals surface area contributed by atoms with Crippen LogP contribution in [0, 0.1) is 0 Å². The summed E-state index contributed by atoms with van der Waals surface area (Å²) in [6.45, 7) is 6.87. The Morgan fingerprint density at radius 1 is 0.875 bits per heavy atom. The molecule has 0 bridgehead atoms. The molecule has 0 radical (unpaired) electrons. The third kappa shape index (κ3) is 5.01. The van der Waals surface area contributed by atoms with E-state index in [4.69, 9.17) is 0 Å². The highest BCUT2D eigenvalue weighted by Crippen LogP contribution is 2.32. The maximum absolute atomic E-state index is 2.29. The molecule has 0 aliphatic heterocycles. The van der Waals surface area contributed by atoms with E-state index in [-0.39, 0.29) is 9.90 Å². The zero-order valence-electron chi connectivity index (χ0n) is 6.28. The van der Waals surface area contributed by atoms with E-state index < -0.39 is 0 Å². The molecule has 0 aliphatic carbocycles. The van der Waals surface area contributed by atoms with Gasteiger partial charge in [-0.15, -0.1) is 7.92 Å². The molecule has 0 fully saturated rings. The third-order valence-electron chi connectivity index (χ3n) is 1.34. The van der Waals surface area contributed by atoms with E-state index in [0.717, 1.165) is 0 Å². The minimum Gasteiger partial charge on any atom is -0.153 e. The highest BCUT2D eigenvalue weighted by molar-refractivity contribution is 7.57. The van der Waals surface area contributed by atoms with E-state index in [1.54, 1.807) is 0 Å². The number of rotatable bonds is 3. The van der Waals surface area contributed by atoms with Crippen molar-refractivity contribution in [2.24, 2.45) is 0 Å². The fourth-order valence-corrected chi connectivity index (χ4v) is 2.01. The minimum atomic E-state index is 0. The summed E-state index contributed by atoms with van der Waals surface area (Å²) in [5, 5.41) is 0. The molecule has 0 aliphatic rings. The second-order valence-electron chi connectivity index (χ2n) is 1.62. The van der Waals surface area contributed by atoms with E-state index in [2.05, 4.69) is 20.8 Å². The molecule has 2 heteroatoms. The van der Waals surface area contributed by atoms with E-state index in [1.807, 2.05) is 0 Å². The Morgan fingerprint density at radius 2 is 1.12 bits per heavy atom. The summed E-state index contributed by atoms with van der Waals surface area (Å²) >= 11 is 0. The van der Waals surface area contributed by atoms with Crippen molar-refractivity contribution in [3.05, 3.63) is 0 Å². The van der Waals surface area contributed by atoms with Crippen LogP contribution in [-0.4, -0.2) is 18.5 Å². The monoisotopic (exact) mass is 152 g/mol. The first-order chi connectivity index (χ1) is 3.35. The molecule has 8 heavy (non-hydrogen) atoms. The molecule has 52 valence electrons. The Balaban J connectivity index is 0. The largest absolute Gasteiger partial charge is 0.153 e. The van der Waals surface area contributed by atoms with Crippen molar-refractivity contribution >= 4 is 17.8 Å². The smallest absolute Gasteiger partial charge is 0.0355 e. The molecule has 1 unspecified atom stereocenters. The molecular weight excluding hydrogens is 134 g/mol. The molecule has 0 saturated heterocycles. The predicted octanol–water partition coefficient (Wildman–Crippen LogP) is 2.59. The van der Waals surface area contributed by atoms with Gasteiger partial charge in [0.1, 0.15) is 0 Å². The second-order valence-corrected chi connectivity index (χ2v) is 4.86. The molecule has 0 rings (SSSR count). The van der Waals surface area contributed by atoms with Gasteiger partial charge in [0.15, 0.2) is 0 Å². The Kier molecular flexibility index (Phi) is 11.4. The van der Waals surface area contributed by atoms with Crippen LogP contribution in [0.1, 0.15) is 20.8 Å². The summed E-state index contributed by atoms with van der Waals surface area (Å²) < 4.78 is 0. The van der Waals surface area contributed by atoms with Gasteiger partial charge in [-0.2, -0.15) is 9.90 Å². The standard InChI is InChI=1S/C6H15P.H3P/c1-4-7(5-2)6-3;/h4-6H2,1-3H3;1H3. The average molecular weight is 152 g/mol. The molecule has 0 aromatic heterocycles. The maximum atomic E-state index is 2.29.